The van der Waals surface area contributed by atoms with Crippen LogP contribution in [0, 0.1) is 0 Å². The first-order valence-corrected chi connectivity index (χ1v) is 10.1. The van der Waals surface area contributed by atoms with Gasteiger partial charge >= 0.3 is 5.97 Å². The Balaban J connectivity index is 1.39. The van der Waals surface area contributed by atoms with Crippen molar-refractivity contribution in [2.24, 2.45) is 0 Å². The number of carbonyl (C=O) groups excluding carboxylic acids is 2. The molecule has 0 aliphatic heterocycles. The van der Waals surface area contributed by atoms with Gasteiger partial charge in [0.2, 0.25) is 0 Å². The zero-order chi connectivity index (χ0) is 22.8. The number of rotatable bonds is 10. The molecule has 0 heterocycles. The van der Waals surface area contributed by atoms with Gasteiger partial charge in [-0.2, -0.15) is 0 Å². The summed E-state index contributed by atoms with van der Waals surface area (Å²) >= 11 is 5.89. The summed E-state index contributed by atoms with van der Waals surface area (Å²) in [6.07, 6.45) is 0. The van der Waals surface area contributed by atoms with Crippen molar-refractivity contribution in [2.75, 3.05) is 32.2 Å². The molecular weight excluding hydrogens is 434 g/mol. The maximum absolute atomic E-state index is 12.1. The van der Waals surface area contributed by atoms with Crippen LogP contribution in [0.5, 0.6) is 17.2 Å². The topological polar surface area (TPSA) is 83.1 Å². The number of ether oxygens (including phenoxy) is 4. The summed E-state index contributed by atoms with van der Waals surface area (Å²) in [4.78, 5) is 24.2. The van der Waals surface area contributed by atoms with Crippen LogP contribution in [0.4, 0.5) is 5.69 Å². The molecule has 0 spiro atoms. The second-order valence-electron chi connectivity index (χ2n) is 6.53. The lowest BCUT2D eigenvalue weighted by Crippen LogP contribution is -2.20. The molecule has 0 aliphatic carbocycles. The Morgan fingerprint density at radius 2 is 1.59 bits per heavy atom. The number of halogens is 1. The maximum Gasteiger partial charge on any atom is 0.338 e. The molecule has 1 N–H and O–H groups in total. The van der Waals surface area contributed by atoms with Crippen molar-refractivity contribution in [3.05, 3.63) is 83.4 Å². The molecule has 0 unspecified atom stereocenters. The van der Waals surface area contributed by atoms with Crippen molar-refractivity contribution in [3.8, 4) is 17.2 Å². The highest BCUT2D eigenvalue weighted by atomic mass is 35.5. The van der Waals surface area contributed by atoms with E-state index in [0.717, 1.165) is 0 Å². The van der Waals surface area contributed by atoms with Crippen LogP contribution in [0.1, 0.15) is 10.4 Å². The predicted octanol–water partition coefficient (Wildman–Crippen LogP) is 4.60. The molecule has 0 saturated carbocycles. The van der Waals surface area contributed by atoms with Crippen molar-refractivity contribution in [1.82, 2.24) is 0 Å². The van der Waals surface area contributed by atoms with Gasteiger partial charge in [-0.15, -0.1) is 0 Å². The molecule has 1 amide bonds. The molecule has 0 aliphatic rings. The lowest BCUT2D eigenvalue weighted by molar-refractivity contribution is -0.118. The highest BCUT2D eigenvalue weighted by Crippen LogP contribution is 2.18. The number of benzene rings is 3. The van der Waals surface area contributed by atoms with Gasteiger partial charge in [0.1, 0.15) is 30.5 Å². The quantitative estimate of drug-likeness (QED) is 0.355. The molecule has 7 nitrogen and oxygen atoms in total. The Kier molecular flexibility index (Phi) is 8.34. The van der Waals surface area contributed by atoms with Crippen molar-refractivity contribution in [3.63, 3.8) is 0 Å². The third-order valence-electron chi connectivity index (χ3n) is 4.19. The molecular formula is C24H22ClNO6. The van der Waals surface area contributed by atoms with E-state index in [1.165, 1.54) is 0 Å². The first kappa shape index (κ1) is 23.0. The van der Waals surface area contributed by atoms with E-state index in [9.17, 15) is 9.59 Å². The summed E-state index contributed by atoms with van der Waals surface area (Å²) in [5.74, 6) is 0.891. The van der Waals surface area contributed by atoms with Gasteiger partial charge in [0, 0.05) is 16.8 Å². The van der Waals surface area contributed by atoms with Gasteiger partial charge in [0.15, 0.2) is 6.61 Å². The van der Waals surface area contributed by atoms with Crippen LogP contribution in [0.3, 0.4) is 0 Å². The van der Waals surface area contributed by atoms with Crippen LogP contribution in [0.2, 0.25) is 5.02 Å². The van der Waals surface area contributed by atoms with Gasteiger partial charge in [-0.05, 0) is 54.6 Å². The lowest BCUT2D eigenvalue weighted by Gasteiger charge is -2.10. The van der Waals surface area contributed by atoms with Gasteiger partial charge in [-0.3, -0.25) is 4.79 Å². The molecule has 8 heteroatoms. The highest BCUT2D eigenvalue weighted by molar-refractivity contribution is 6.30. The second kappa shape index (κ2) is 11.6. The predicted molar refractivity (Wildman–Crippen MR) is 121 cm³/mol. The van der Waals surface area contributed by atoms with E-state index < -0.39 is 5.97 Å². The van der Waals surface area contributed by atoms with E-state index in [2.05, 4.69) is 5.32 Å². The Morgan fingerprint density at radius 1 is 0.844 bits per heavy atom. The highest BCUT2D eigenvalue weighted by Gasteiger charge is 2.09. The number of hydrogen-bond donors (Lipinski definition) is 1. The van der Waals surface area contributed by atoms with Crippen molar-refractivity contribution >= 4 is 29.2 Å². The summed E-state index contributed by atoms with van der Waals surface area (Å²) in [6, 6.07) is 20.3. The molecule has 166 valence electrons. The number of carbonyl (C=O) groups is 2. The molecule has 3 rings (SSSR count). The van der Waals surface area contributed by atoms with Gasteiger partial charge in [-0.25, -0.2) is 4.79 Å². The third-order valence-corrected chi connectivity index (χ3v) is 4.43. The van der Waals surface area contributed by atoms with E-state index in [-0.39, 0.29) is 25.7 Å². The van der Waals surface area contributed by atoms with E-state index in [1.807, 2.05) is 0 Å². The Labute approximate surface area is 190 Å². The largest absolute Gasteiger partial charge is 0.497 e. The van der Waals surface area contributed by atoms with Gasteiger partial charge in [0.25, 0.3) is 5.91 Å². The zero-order valence-corrected chi connectivity index (χ0v) is 18.1. The SMILES string of the molecule is COc1cccc(NC(=O)COc2ccc(C(=O)OCCOc3cccc(Cl)c3)cc2)c1. The molecule has 3 aromatic carbocycles. The zero-order valence-electron chi connectivity index (χ0n) is 17.4. The summed E-state index contributed by atoms with van der Waals surface area (Å²) in [5.41, 5.74) is 0.969. The van der Waals surface area contributed by atoms with E-state index >= 15 is 0 Å². The molecule has 3 aromatic rings. The Bertz CT molecular complexity index is 1050. The number of nitrogens with one attached hydrogen (secondary N) is 1. The minimum atomic E-state index is -0.484. The minimum Gasteiger partial charge on any atom is -0.497 e. The van der Waals surface area contributed by atoms with E-state index in [0.29, 0.717) is 33.5 Å². The van der Waals surface area contributed by atoms with Crippen LogP contribution < -0.4 is 19.5 Å². The van der Waals surface area contributed by atoms with Crippen LogP contribution in [0.15, 0.2) is 72.8 Å². The smallest absolute Gasteiger partial charge is 0.338 e. The van der Waals surface area contributed by atoms with Gasteiger partial charge in [-0.1, -0.05) is 23.7 Å². The first-order valence-electron chi connectivity index (χ1n) is 9.76. The number of anilines is 1. The van der Waals surface area contributed by atoms with Crippen LogP contribution in [-0.2, 0) is 9.53 Å². The monoisotopic (exact) mass is 455 g/mol. The van der Waals surface area contributed by atoms with Crippen LogP contribution in [0.25, 0.3) is 0 Å². The Morgan fingerprint density at radius 3 is 2.34 bits per heavy atom. The molecule has 32 heavy (non-hydrogen) atoms. The standard InChI is InChI=1S/C24H22ClNO6/c1-29-21-6-3-5-19(15-21)26-23(27)16-32-20-10-8-17(9-11-20)24(28)31-13-12-30-22-7-2-4-18(25)14-22/h2-11,14-15H,12-13,16H2,1H3,(H,26,27). The van der Waals surface area contributed by atoms with Crippen molar-refractivity contribution in [1.29, 1.82) is 0 Å². The lowest BCUT2D eigenvalue weighted by atomic mass is 10.2. The fraction of sp³-hybridized carbons (Fsp3) is 0.167. The first-order chi connectivity index (χ1) is 15.5. The van der Waals surface area contributed by atoms with Gasteiger partial charge in [0.05, 0.1) is 12.7 Å². The number of hydrogen-bond acceptors (Lipinski definition) is 6. The van der Waals surface area contributed by atoms with Gasteiger partial charge < -0.3 is 24.3 Å². The molecule has 0 fully saturated rings. The molecule has 0 atom stereocenters. The normalized spacial score (nSPS) is 10.2. The number of amides is 1. The summed E-state index contributed by atoms with van der Waals surface area (Å²) in [6.45, 7) is 0.117. The molecule has 0 radical (unpaired) electrons. The summed E-state index contributed by atoms with van der Waals surface area (Å²) < 4.78 is 21.2. The Hall–Kier alpha value is -3.71. The van der Waals surface area contributed by atoms with Crippen LogP contribution >= 0.6 is 11.6 Å². The van der Waals surface area contributed by atoms with Crippen LogP contribution in [-0.4, -0.2) is 38.8 Å². The molecule has 0 bridgehead atoms. The number of methoxy groups -OCH3 is 1. The summed E-state index contributed by atoms with van der Waals surface area (Å²) in [5, 5.41) is 3.29. The number of esters is 1. The fourth-order valence-electron chi connectivity index (χ4n) is 2.67. The maximum atomic E-state index is 12.1. The summed E-state index contributed by atoms with van der Waals surface area (Å²) in [7, 11) is 1.55. The van der Waals surface area contributed by atoms with E-state index in [4.69, 9.17) is 30.5 Å². The van der Waals surface area contributed by atoms with E-state index in [1.54, 1.807) is 79.9 Å². The second-order valence-corrected chi connectivity index (χ2v) is 6.97. The minimum absolute atomic E-state index is 0.0913. The van der Waals surface area contributed by atoms with Crippen molar-refractivity contribution in [2.45, 2.75) is 0 Å². The van der Waals surface area contributed by atoms with Crippen molar-refractivity contribution < 1.29 is 28.5 Å². The molecule has 0 aromatic heterocycles. The average Bonchev–Trinajstić information content (AvgIpc) is 2.81. The average molecular weight is 456 g/mol. The fourth-order valence-corrected chi connectivity index (χ4v) is 2.85. The molecule has 0 saturated heterocycles. The third kappa shape index (κ3) is 7.21.